The van der Waals surface area contributed by atoms with Gasteiger partial charge in [-0.25, -0.2) is 0 Å². The van der Waals surface area contributed by atoms with E-state index < -0.39 is 0 Å². The molecule has 0 aliphatic heterocycles. The Morgan fingerprint density at radius 2 is 1.81 bits per heavy atom. The van der Waals surface area contributed by atoms with Gasteiger partial charge in [-0.3, -0.25) is 0 Å². The van der Waals surface area contributed by atoms with Gasteiger partial charge in [-0.2, -0.15) is 0 Å². The van der Waals surface area contributed by atoms with Crippen LogP contribution in [0.3, 0.4) is 0 Å². The molecule has 1 aromatic rings. The fourth-order valence-corrected chi connectivity index (χ4v) is 2.79. The maximum absolute atomic E-state index is 6.46. The lowest BCUT2D eigenvalue weighted by atomic mass is 9.97. The van der Waals surface area contributed by atoms with Crippen molar-refractivity contribution < 1.29 is 4.74 Å². The first kappa shape index (κ1) is 18.9. The molecule has 120 valence electrons. The third kappa shape index (κ3) is 4.41. The molecule has 1 aliphatic carbocycles. The van der Waals surface area contributed by atoms with Crippen molar-refractivity contribution in [1.82, 2.24) is 0 Å². The van der Waals surface area contributed by atoms with E-state index in [-0.39, 0.29) is 18.4 Å². The Labute approximate surface area is 143 Å². The molecule has 1 unspecified atom stereocenters. The van der Waals surface area contributed by atoms with E-state index in [2.05, 4.69) is 6.92 Å². The van der Waals surface area contributed by atoms with Crippen LogP contribution in [0.2, 0.25) is 10.0 Å². The molecule has 1 aromatic carbocycles. The maximum atomic E-state index is 6.46. The molecule has 0 bridgehead atoms. The summed E-state index contributed by atoms with van der Waals surface area (Å²) in [4.78, 5) is 0. The van der Waals surface area contributed by atoms with Crippen LogP contribution in [0.5, 0.6) is 5.75 Å². The third-order valence-electron chi connectivity index (χ3n) is 4.06. The van der Waals surface area contributed by atoms with Crippen LogP contribution in [0.4, 0.5) is 0 Å². The molecule has 0 radical (unpaired) electrons. The Hall–Kier alpha value is -0.150. The highest BCUT2D eigenvalue weighted by atomic mass is 35.5. The summed E-state index contributed by atoms with van der Waals surface area (Å²) in [7, 11) is 0. The summed E-state index contributed by atoms with van der Waals surface area (Å²) in [6, 6.07) is 0.104. The van der Waals surface area contributed by atoms with Crippen LogP contribution in [-0.2, 0) is 6.42 Å². The minimum absolute atomic E-state index is 0. The van der Waals surface area contributed by atoms with Gasteiger partial charge < -0.3 is 10.5 Å². The first-order valence-corrected chi connectivity index (χ1v) is 8.06. The van der Waals surface area contributed by atoms with Crippen molar-refractivity contribution >= 4 is 35.6 Å². The summed E-state index contributed by atoms with van der Waals surface area (Å²) >= 11 is 12.8. The van der Waals surface area contributed by atoms with Crippen LogP contribution in [0, 0.1) is 19.8 Å². The number of hydrogen-bond donors (Lipinski definition) is 1. The van der Waals surface area contributed by atoms with Crippen molar-refractivity contribution in [2.75, 3.05) is 6.61 Å². The standard InChI is InChI=1S/C16H23Cl2NO.ClH/c1-4-12(19)7-13-9(2)14(17)10(3)15(18)16(13)20-8-11-5-6-11;/h11-12H,4-8,19H2,1-3H3;1H. The van der Waals surface area contributed by atoms with Crippen LogP contribution in [0.15, 0.2) is 0 Å². The number of hydrogen-bond acceptors (Lipinski definition) is 2. The van der Waals surface area contributed by atoms with E-state index in [0.29, 0.717) is 10.9 Å². The SMILES string of the molecule is CCC(N)Cc1c(C)c(Cl)c(C)c(Cl)c1OCC1CC1.Cl. The van der Waals surface area contributed by atoms with E-state index >= 15 is 0 Å². The molecular formula is C16H24Cl3NO. The minimum atomic E-state index is 0. The summed E-state index contributed by atoms with van der Waals surface area (Å²) in [6.45, 7) is 6.79. The predicted molar refractivity (Wildman–Crippen MR) is 93.4 cm³/mol. The van der Waals surface area contributed by atoms with Gasteiger partial charge in [0, 0.05) is 16.6 Å². The number of halogens is 3. The van der Waals surface area contributed by atoms with Crippen LogP contribution >= 0.6 is 35.6 Å². The molecule has 0 saturated heterocycles. The zero-order chi connectivity index (χ0) is 14.9. The lowest BCUT2D eigenvalue weighted by molar-refractivity contribution is 0.296. The van der Waals surface area contributed by atoms with Gasteiger partial charge >= 0.3 is 0 Å². The third-order valence-corrected chi connectivity index (χ3v) is 5.09. The monoisotopic (exact) mass is 351 g/mol. The Kier molecular flexibility index (Phi) is 7.12. The van der Waals surface area contributed by atoms with Gasteiger partial charge in [-0.15, -0.1) is 12.4 Å². The second-order valence-corrected chi connectivity index (χ2v) is 6.57. The molecule has 2 rings (SSSR count). The molecular weight excluding hydrogens is 329 g/mol. The van der Waals surface area contributed by atoms with E-state index in [0.717, 1.165) is 46.9 Å². The van der Waals surface area contributed by atoms with E-state index in [9.17, 15) is 0 Å². The molecule has 1 atom stereocenters. The molecule has 5 heteroatoms. The molecule has 21 heavy (non-hydrogen) atoms. The summed E-state index contributed by atoms with van der Waals surface area (Å²) in [5.41, 5.74) is 9.12. The summed E-state index contributed by atoms with van der Waals surface area (Å²) < 4.78 is 6.01. The predicted octanol–water partition coefficient (Wildman–Crippen LogP) is 5.10. The number of nitrogens with two attached hydrogens (primary N) is 1. The van der Waals surface area contributed by atoms with E-state index in [1.54, 1.807) is 0 Å². The first-order valence-electron chi connectivity index (χ1n) is 7.31. The van der Waals surface area contributed by atoms with Gasteiger partial charge in [0.15, 0.2) is 0 Å². The number of benzene rings is 1. The maximum Gasteiger partial charge on any atom is 0.141 e. The highest BCUT2D eigenvalue weighted by molar-refractivity contribution is 6.37. The normalized spacial score (nSPS) is 15.5. The summed E-state index contributed by atoms with van der Waals surface area (Å²) in [5.74, 6) is 1.48. The van der Waals surface area contributed by atoms with Gasteiger partial charge in [-0.05, 0) is 56.6 Å². The largest absolute Gasteiger partial charge is 0.491 e. The molecule has 1 aliphatic rings. The van der Waals surface area contributed by atoms with E-state index in [1.165, 1.54) is 12.8 Å². The van der Waals surface area contributed by atoms with Gasteiger partial charge in [-0.1, -0.05) is 30.1 Å². The van der Waals surface area contributed by atoms with Crippen LogP contribution < -0.4 is 10.5 Å². The smallest absolute Gasteiger partial charge is 0.141 e. The fraction of sp³-hybridized carbons (Fsp3) is 0.625. The highest BCUT2D eigenvalue weighted by Crippen LogP contribution is 2.41. The molecule has 0 heterocycles. The molecule has 0 amide bonds. The van der Waals surface area contributed by atoms with E-state index in [1.807, 2.05) is 13.8 Å². The highest BCUT2D eigenvalue weighted by Gasteiger charge is 2.25. The zero-order valence-electron chi connectivity index (χ0n) is 12.8. The average molecular weight is 353 g/mol. The van der Waals surface area contributed by atoms with Gasteiger partial charge in [0.1, 0.15) is 5.75 Å². The van der Waals surface area contributed by atoms with Crippen LogP contribution in [0.25, 0.3) is 0 Å². The van der Waals surface area contributed by atoms with Crippen LogP contribution in [0.1, 0.15) is 42.9 Å². The Balaban J connectivity index is 0.00000220. The second kappa shape index (κ2) is 7.92. The lowest BCUT2D eigenvalue weighted by Crippen LogP contribution is -2.22. The Bertz CT molecular complexity index is 501. The topological polar surface area (TPSA) is 35.2 Å². The Morgan fingerprint density at radius 1 is 1.19 bits per heavy atom. The zero-order valence-corrected chi connectivity index (χ0v) is 15.2. The Morgan fingerprint density at radius 3 is 2.33 bits per heavy atom. The minimum Gasteiger partial charge on any atom is -0.491 e. The van der Waals surface area contributed by atoms with Crippen molar-refractivity contribution in [3.63, 3.8) is 0 Å². The second-order valence-electron chi connectivity index (χ2n) is 5.81. The molecule has 0 aromatic heterocycles. The van der Waals surface area contributed by atoms with Crippen molar-refractivity contribution in [1.29, 1.82) is 0 Å². The van der Waals surface area contributed by atoms with Crippen molar-refractivity contribution in [3.8, 4) is 5.75 Å². The average Bonchev–Trinajstić information content (AvgIpc) is 3.25. The van der Waals surface area contributed by atoms with Crippen molar-refractivity contribution in [3.05, 3.63) is 26.7 Å². The van der Waals surface area contributed by atoms with Crippen molar-refractivity contribution in [2.24, 2.45) is 11.7 Å². The van der Waals surface area contributed by atoms with Crippen molar-refractivity contribution in [2.45, 2.75) is 52.5 Å². The molecule has 0 spiro atoms. The number of rotatable bonds is 6. The van der Waals surface area contributed by atoms with Gasteiger partial charge in [0.2, 0.25) is 0 Å². The quantitative estimate of drug-likeness (QED) is 0.773. The first-order chi connectivity index (χ1) is 9.45. The number of ether oxygens (including phenoxy) is 1. The molecule has 2 N–H and O–H groups in total. The fourth-order valence-electron chi connectivity index (χ4n) is 2.27. The molecule has 1 fully saturated rings. The molecule has 2 nitrogen and oxygen atoms in total. The van der Waals surface area contributed by atoms with Crippen LogP contribution in [-0.4, -0.2) is 12.6 Å². The van der Waals surface area contributed by atoms with Gasteiger partial charge in [0.05, 0.1) is 11.6 Å². The summed E-state index contributed by atoms with van der Waals surface area (Å²) in [6.07, 6.45) is 4.19. The van der Waals surface area contributed by atoms with E-state index in [4.69, 9.17) is 33.7 Å². The molecule has 1 saturated carbocycles. The van der Waals surface area contributed by atoms with Gasteiger partial charge in [0.25, 0.3) is 0 Å². The summed E-state index contributed by atoms with van der Waals surface area (Å²) in [5, 5.41) is 1.37. The lowest BCUT2D eigenvalue weighted by Gasteiger charge is -2.21.